The van der Waals surface area contributed by atoms with E-state index in [0.717, 1.165) is 0 Å². The number of alkyl halides is 2. The number of aliphatic hydroxyl groups excluding tert-OH is 1. The Morgan fingerprint density at radius 3 is 2.47 bits per heavy atom. The van der Waals surface area contributed by atoms with Crippen LogP contribution in [0.4, 0.5) is 8.78 Å². The maximum atomic E-state index is 12.3. The Kier molecular flexibility index (Phi) is 3.75. The summed E-state index contributed by atoms with van der Waals surface area (Å²) in [5, 5.41) is 18.2. The zero-order chi connectivity index (χ0) is 11.4. The molecule has 0 amide bonds. The Hall–Kier alpha value is -1.47. The van der Waals surface area contributed by atoms with Gasteiger partial charge in [0.25, 0.3) is 6.43 Å². The first-order chi connectivity index (χ1) is 7.06. The molecule has 0 aromatic heterocycles. The number of nitrogens with zero attached hydrogens (tertiary/aromatic N) is 1. The van der Waals surface area contributed by atoms with Crippen molar-refractivity contribution in [2.75, 3.05) is 0 Å². The fourth-order valence-corrected chi connectivity index (χ4v) is 1.24. The Morgan fingerprint density at radius 2 is 1.93 bits per heavy atom. The van der Waals surface area contributed by atoms with Crippen molar-refractivity contribution in [1.29, 1.82) is 5.26 Å². The lowest BCUT2D eigenvalue weighted by Crippen LogP contribution is -2.07. The van der Waals surface area contributed by atoms with E-state index in [0.29, 0.717) is 5.56 Å². The number of nitriles is 1. The van der Waals surface area contributed by atoms with Crippen LogP contribution in [0.5, 0.6) is 0 Å². The molecule has 0 spiro atoms. The van der Waals surface area contributed by atoms with Crippen LogP contribution < -0.4 is 0 Å². The van der Waals surface area contributed by atoms with Gasteiger partial charge in [0, 0.05) is 5.56 Å². The molecule has 1 aromatic rings. The van der Waals surface area contributed by atoms with Crippen LogP contribution in [-0.4, -0.2) is 5.11 Å². The fraction of sp³-hybridized carbons (Fsp3) is 0.364. The number of rotatable bonds is 3. The zero-order valence-electron chi connectivity index (χ0n) is 8.19. The first-order valence-electron chi connectivity index (χ1n) is 4.52. The largest absolute Gasteiger partial charge is 0.387 e. The van der Waals surface area contributed by atoms with Gasteiger partial charge in [-0.25, -0.2) is 8.78 Å². The molecule has 0 aliphatic carbocycles. The van der Waals surface area contributed by atoms with E-state index in [-0.39, 0.29) is 5.56 Å². The van der Waals surface area contributed by atoms with Crippen LogP contribution in [0, 0.1) is 17.2 Å². The van der Waals surface area contributed by atoms with Crippen LogP contribution in [0.15, 0.2) is 24.3 Å². The van der Waals surface area contributed by atoms with E-state index in [4.69, 9.17) is 5.26 Å². The molecule has 0 fully saturated rings. The third kappa shape index (κ3) is 2.74. The minimum atomic E-state index is -2.56. The molecule has 0 heterocycles. The summed E-state index contributed by atoms with van der Waals surface area (Å²) in [4.78, 5) is 0. The third-order valence-corrected chi connectivity index (χ3v) is 2.18. The normalized spacial score (nSPS) is 14.7. The molecular weight excluding hydrogens is 200 g/mol. The molecule has 0 aliphatic heterocycles. The number of hydrogen-bond donors (Lipinski definition) is 1. The van der Waals surface area contributed by atoms with Crippen molar-refractivity contribution in [3.05, 3.63) is 35.4 Å². The maximum Gasteiger partial charge on any atom is 0.263 e. The third-order valence-electron chi connectivity index (χ3n) is 2.18. The Morgan fingerprint density at radius 1 is 1.33 bits per heavy atom. The summed E-state index contributed by atoms with van der Waals surface area (Å²) in [6, 6.07) is 7.37. The summed E-state index contributed by atoms with van der Waals surface area (Å²) < 4.78 is 24.7. The van der Waals surface area contributed by atoms with Gasteiger partial charge in [-0.3, -0.25) is 0 Å². The van der Waals surface area contributed by atoms with Crippen LogP contribution in [-0.2, 0) is 0 Å². The van der Waals surface area contributed by atoms with E-state index in [1.54, 1.807) is 6.92 Å². The van der Waals surface area contributed by atoms with E-state index in [9.17, 15) is 13.9 Å². The molecule has 1 rings (SSSR count). The molecule has 80 valence electrons. The molecule has 2 unspecified atom stereocenters. The van der Waals surface area contributed by atoms with Gasteiger partial charge in [-0.15, -0.1) is 0 Å². The molecule has 1 aromatic carbocycles. The van der Waals surface area contributed by atoms with Crippen LogP contribution in [0.3, 0.4) is 0 Å². The second-order valence-electron chi connectivity index (χ2n) is 3.33. The van der Waals surface area contributed by atoms with E-state index in [1.165, 1.54) is 24.3 Å². The van der Waals surface area contributed by atoms with Gasteiger partial charge in [0.1, 0.15) is 0 Å². The minimum Gasteiger partial charge on any atom is -0.387 e. The second kappa shape index (κ2) is 4.85. The van der Waals surface area contributed by atoms with Crippen LogP contribution in [0.1, 0.15) is 30.6 Å². The summed E-state index contributed by atoms with van der Waals surface area (Å²) in [7, 11) is 0. The summed E-state index contributed by atoms with van der Waals surface area (Å²) in [6.07, 6.45) is -3.58. The summed E-state index contributed by atoms with van der Waals surface area (Å²) in [5.41, 5.74) is 0.207. The average molecular weight is 211 g/mol. The van der Waals surface area contributed by atoms with Gasteiger partial charge in [-0.1, -0.05) is 18.2 Å². The monoisotopic (exact) mass is 211 g/mol. The smallest absolute Gasteiger partial charge is 0.263 e. The Balaban J connectivity index is 2.96. The fourth-order valence-electron chi connectivity index (χ4n) is 1.24. The molecule has 2 nitrogen and oxygen atoms in total. The molecule has 0 radical (unpaired) electrons. The summed E-state index contributed by atoms with van der Waals surface area (Å²) >= 11 is 0. The predicted molar refractivity (Wildman–Crippen MR) is 51.1 cm³/mol. The highest BCUT2D eigenvalue weighted by Crippen LogP contribution is 2.25. The quantitative estimate of drug-likeness (QED) is 0.835. The van der Waals surface area contributed by atoms with Crippen LogP contribution >= 0.6 is 0 Å². The van der Waals surface area contributed by atoms with Crippen molar-refractivity contribution in [3.63, 3.8) is 0 Å². The highest BCUT2D eigenvalue weighted by atomic mass is 19.3. The van der Waals surface area contributed by atoms with Gasteiger partial charge < -0.3 is 5.11 Å². The number of halogens is 2. The Labute approximate surface area is 86.8 Å². The lowest BCUT2D eigenvalue weighted by atomic mass is 9.97. The van der Waals surface area contributed by atoms with E-state index in [1.807, 2.05) is 6.07 Å². The molecule has 0 bridgehead atoms. The van der Waals surface area contributed by atoms with Crippen molar-refractivity contribution < 1.29 is 13.9 Å². The van der Waals surface area contributed by atoms with E-state index in [2.05, 4.69) is 0 Å². The molecule has 2 atom stereocenters. The number of aliphatic hydroxyl groups is 1. The van der Waals surface area contributed by atoms with Crippen molar-refractivity contribution in [2.24, 2.45) is 5.92 Å². The number of hydrogen-bond acceptors (Lipinski definition) is 2. The van der Waals surface area contributed by atoms with Gasteiger partial charge in [0.05, 0.1) is 18.1 Å². The lowest BCUT2D eigenvalue weighted by molar-refractivity contribution is 0.139. The number of benzene rings is 1. The van der Waals surface area contributed by atoms with Gasteiger partial charge in [0.2, 0.25) is 0 Å². The van der Waals surface area contributed by atoms with Crippen molar-refractivity contribution in [2.45, 2.75) is 19.5 Å². The summed E-state index contributed by atoms with van der Waals surface area (Å²) in [6.45, 7) is 1.54. The van der Waals surface area contributed by atoms with Crippen LogP contribution in [0.25, 0.3) is 0 Å². The molecule has 15 heavy (non-hydrogen) atoms. The van der Waals surface area contributed by atoms with Crippen molar-refractivity contribution in [3.8, 4) is 6.07 Å². The Bertz CT molecular complexity index is 373. The van der Waals surface area contributed by atoms with Gasteiger partial charge in [-0.2, -0.15) is 5.26 Å². The van der Waals surface area contributed by atoms with Crippen molar-refractivity contribution in [1.82, 2.24) is 0 Å². The molecule has 0 aliphatic rings. The first-order valence-corrected chi connectivity index (χ1v) is 4.52. The standard InChI is InChI=1S/C11H11F2NO/c1-7(6-14)10(15)8-3-2-4-9(5-8)11(12)13/h2-5,7,10-11,15H,1H3. The van der Waals surface area contributed by atoms with Gasteiger partial charge in [-0.05, 0) is 18.6 Å². The molecule has 4 heteroatoms. The highest BCUT2D eigenvalue weighted by Gasteiger charge is 2.17. The molecule has 0 saturated heterocycles. The molecule has 0 saturated carbocycles. The van der Waals surface area contributed by atoms with Gasteiger partial charge >= 0.3 is 0 Å². The highest BCUT2D eigenvalue weighted by molar-refractivity contribution is 5.27. The SMILES string of the molecule is CC(C#N)C(O)c1cccc(C(F)F)c1. The minimum absolute atomic E-state index is 0.142. The van der Waals surface area contributed by atoms with Crippen LogP contribution in [0.2, 0.25) is 0 Å². The first kappa shape index (κ1) is 11.6. The lowest BCUT2D eigenvalue weighted by Gasteiger charge is -2.13. The van der Waals surface area contributed by atoms with Gasteiger partial charge in [0.15, 0.2) is 0 Å². The maximum absolute atomic E-state index is 12.3. The molecular formula is C11H11F2NO. The zero-order valence-corrected chi connectivity index (χ0v) is 8.19. The summed E-state index contributed by atoms with van der Waals surface area (Å²) in [5.74, 6) is -0.613. The second-order valence-corrected chi connectivity index (χ2v) is 3.33. The topological polar surface area (TPSA) is 44.0 Å². The predicted octanol–water partition coefficient (Wildman–Crippen LogP) is 2.82. The van der Waals surface area contributed by atoms with Crippen molar-refractivity contribution >= 4 is 0 Å². The van der Waals surface area contributed by atoms with E-state index >= 15 is 0 Å². The van der Waals surface area contributed by atoms with E-state index < -0.39 is 18.4 Å². The molecule has 1 N–H and O–H groups in total. The average Bonchev–Trinajstić information content (AvgIpc) is 2.27.